The number of halogens is 1. The van der Waals surface area contributed by atoms with Crippen molar-refractivity contribution in [2.75, 3.05) is 13.1 Å². The molecule has 6 heteroatoms. The normalized spacial score (nSPS) is 42.5. The molecule has 2 saturated carbocycles. The summed E-state index contributed by atoms with van der Waals surface area (Å²) in [6.45, 7) is 2.37. The summed E-state index contributed by atoms with van der Waals surface area (Å²) in [5.74, 6) is 1.54. The molecular formula is C17H25FN4O. The highest BCUT2D eigenvalue weighted by molar-refractivity contribution is 5.79. The van der Waals surface area contributed by atoms with E-state index in [2.05, 4.69) is 12.2 Å². The zero-order chi connectivity index (χ0) is 16.6. The predicted molar refractivity (Wildman–Crippen MR) is 84.8 cm³/mol. The third kappa shape index (κ3) is 3.25. The maximum Gasteiger partial charge on any atom is 0.237 e. The van der Waals surface area contributed by atoms with E-state index in [1.807, 2.05) is 6.07 Å². The molecule has 1 amide bonds. The van der Waals surface area contributed by atoms with E-state index in [9.17, 15) is 9.18 Å². The lowest BCUT2D eigenvalue weighted by atomic mass is 9.93. The second-order valence-electron chi connectivity index (χ2n) is 7.76. The largest absolute Gasteiger partial charge is 0.323 e. The summed E-state index contributed by atoms with van der Waals surface area (Å²) in [7, 11) is 0. The van der Waals surface area contributed by atoms with E-state index < -0.39 is 12.2 Å². The number of amides is 1. The van der Waals surface area contributed by atoms with Crippen molar-refractivity contribution in [3.8, 4) is 6.07 Å². The molecule has 0 aromatic rings. The molecule has 0 radical (unpaired) electrons. The molecule has 23 heavy (non-hydrogen) atoms. The minimum Gasteiger partial charge on any atom is -0.323 e. The summed E-state index contributed by atoms with van der Waals surface area (Å²) in [6, 6.07) is 1.40. The smallest absolute Gasteiger partial charge is 0.237 e. The summed E-state index contributed by atoms with van der Waals surface area (Å²) in [5, 5.41) is 19.8. The van der Waals surface area contributed by atoms with Crippen LogP contribution in [0, 0.1) is 34.5 Å². The fourth-order valence-electron chi connectivity index (χ4n) is 4.85. The maximum absolute atomic E-state index is 13.4. The number of rotatable bonds is 4. The van der Waals surface area contributed by atoms with E-state index in [1.54, 1.807) is 6.21 Å². The summed E-state index contributed by atoms with van der Waals surface area (Å²) in [4.78, 5) is 13.7. The van der Waals surface area contributed by atoms with Crippen LogP contribution in [-0.4, -0.2) is 47.9 Å². The van der Waals surface area contributed by atoms with Gasteiger partial charge < -0.3 is 15.6 Å². The quantitative estimate of drug-likeness (QED) is 0.776. The van der Waals surface area contributed by atoms with Crippen molar-refractivity contribution >= 4 is 12.1 Å². The Balaban J connectivity index is 1.52. The minimum atomic E-state index is -1.08. The van der Waals surface area contributed by atoms with Crippen molar-refractivity contribution in [1.82, 2.24) is 10.2 Å². The number of carbonyl (C=O) groups excluding carboxylic acids is 1. The van der Waals surface area contributed by atoms with Gasteiger partial charge in [0.05, 0.1) is 19.2 Å². The Kier molecular flexibility index (Phi) is 4.41. The van der Waals surface area contributed by atoms with Crippen LogP contribution in [0.3, 0.4) is 0 Å². The molecule has 0 spiro atoms. The van der Waals surface area contributed by atoms with Crippen LogP contribution in [0.4, 0.5) is 4.39 Å². The van der Waals surface area contributed by atoms with Crippen LogP contribution in [0.2, 0.25) is 0 Å². The Labute approximate surface area is 136 Å². The Morgan fingerprint density at radius 2 is 2.09 bits per heavy atom. The number of likely N-dealkylation sites (tertiary alicyclic amines) is 1. The van der Waals surface area contributed by atoms with Gasteiger partial charge in [-0.25, -0.2) is 4.39 Å². The fraction of sp³-hybridized carbons (Fsp3) is 0.824. The molecule has 0 aromatic heterocycles. The van der Waals surface area contributed by atoms with Gasteiger partial charge in [-0.05, 0) is 56.6 Å². The van der Waals surface area contributed by atoms with Crippen molar-refractivity contribution in [1.29, 1.82) is 10.7 Å². The molecule has 126 valence electrons. The van der Waals surface area contributed by atoms with Gasteiger partial charge in [0.15, 0.2) is 0 Å². The summed E-state index contributed by atoms with van der Waals surface area (Å²) in [5.41, 5.74) is -0.0605. The first-order valence-electron chi connectivity index (χ1n) is 8.53. The van der Waals surface area contributed by atoms with Gasteiger partial charge in [0, 0.05) is 12.0 Å². The highest BCUT2D eigenvalue weighted by Crippen LogP contribution is 2.50. The lowest BCUT2D eigenvalue weighted by molar-refractivity contribution is -0.130. The van der Waals surface area contributed by atoms with Gasteiger partial charge in [-0.1, -0.05) is 0 Å². The minimum absolute atomic E-state index is 0.0434. The Morgan fingerprint density at radius 3 is 2.65 bits per heavy atom. The molecule has 0 bridgehead atoms. The molecule has 0 aromatic carbocycles. The van der Waals surface area contributed by atoms with Crippen LogP contribution in [0.5, 0.6) is 0 Å². The molecular weight excluding hydrogens is 295 g/mol. The third-order valence-electron chi connectivity index (χ3n) is 5.92. The Hall–Kier alpha value is -1.48. The molecule has 2 aliphatic carbocycles. The maximum atomic E-state index is 13.4. The number of carbonyl (C=O) groups is 1. The van der Waals surface area contributed by atoms with Crippen molar-refractivity contribution in [2.45, 2.75) is 56.8 Å². The van der Waals surface area contributed by atoms with Crippen LogP contribution in [-0.2, 0) is 4.79 Å². The number of nitrogens with one attached hydrogen (secondary N) is 2. The van der Waals surface area contributed by atoms with E-state index in [1.165, 1.54) is 4.90 Å². The molecule has 1 heterocycles. The molecule has 2 N–H and O–H groups in total. The standard InChI is InChI=1S/C17H25FN4O/c1-17(5-12-2-11(7-19)3-13(12)6-17)21-9-16(23)22-10-14(18)4-15(22)8-20/h7,11-15,19,21H,2-6,9-10H2,1H3/t11?,12-,13+,14-,15-,17?/m0/s1. The van der Waals surface area contributed by atoms with Crippen molar-refractivity contribution in [3.05, 3.63) is 0 Å². The summed E-state index contributed by atoms with van der Waals surface area (Å²) < 4.78 is 13.4. The van der Waals surface area contributed by atoms with Gasteiger partial charge in [0.2, 0.25) is 5.91 Å². The number of nitriles is 1. The van der Waals surface area contributed by atoms with Crippen molar-refractivity contribution in [3.63, 3.8) is 0 Å². The number of hydrogen-bond donors (Lipinski definition) is 2. The van der Waals surface area contributed by atoms with E-state index in [4.69, 9.17) is 10.7 Å². The van der Waals surface area contributed by atoms with Crippen LogP contribution < -0.4 is 5.32 Å². The van der Waals surface area contributed by atoms with Gasteiger partial charge >= 0.3 is 0 Å². The molecule has 1 aliphatic heterocycles. The van der Waals surface area contributed by atoms with E-state index in [0.29, 0.717) is 17.8 Å². The average Bonchev–Trinajstić information content (AvgIpc) is 3.15. The number of hydrogen-bond acceptors (Lipinski definition) is 4. The second kappa shape index (κ2) is 6.20. The highest BCUT2D eigenvalue weighted by atomic mass is 19.1. The van der Waals surface area contributed by atoms with E-state index >= 15 is 0 Å². The van der Waals surface area contributed by atoms with Crippen LogP contribution in [0.15, 0.2) is 0 Å². The van der Waals surface area contributed by atoms with Crippen LogP contribution >= 0.6 is 0 Å². The lowest BCUT2D eigenvalue weighted by Gasteiger charge is -2.29. The van der Waals surface area contributed by atoms with Crippen molar-refractivity contribution < 1.29 is 9.18 Å². The molecule has 3 fully saturated rings. The molecule has 1 saturated heterocycles. The van der Waals surface area contributed by atoms with Gasteiger partial charge in [-0.3, -0.25) is 4.79 Å². The van der Waals surface area contributed by atoms with Crippen LogP contribution in [0.25, 0.3) is 0 Å². The van der Waals surface area contributed by atoms with Crippen molar-refractivity contribution in [2.24, 2.45) is 17.8 Å². The predicted octanol–water partition coefficient (Wildman–Crippen LogP) is 1.88. The molecule has 6 atom stereocenters. The van der Waals surface area contributed by atoms with E-state index in [0.717, 1.165) is 25.7 Å². The molecule has 5 nitrogen and oxygen atoms in total. The topological polar surface area (TPSA) is 80.0 Å². The number of nitrogens with zero attached hydrogens (tertiary/aromatic N) is 2. The summed E-state index contributed by atoms with van der Waals surface area (Å²) in [6.07, 6.45) is 4.87. The third-order valence-corrected chi connectivity index (χ3v) is 5.92. The zero-order valence-electron chi connectivity index (χ0n) is 13.6. The first-order valence-corrected chi connectivity index (χ1v) is 8.53. The highest BCUT2D eigenvalue weighted by Gasteiger charge is 2.47. The Bertz CT molecular complexity index is 517. The van der Waals surface area contributed by atoms with Crippen LogP contribution in [0.1, 0.15) is 39.0 Å². The molecule has 3 aliphatic rings. The average molecular weight is 320 g/mol. The lowest BCUT2D eigenvalue weighted by Crippen LogP contribution is -2.48. The van der Waals surface area contributed by atoms with Gasteiger partial charge in [-0.2, -0.15) is 5.26 Å². The van der Waals surface area contributed by atoms with Gasteiger partial charge in [0.1, 0.15) is 12.2 Å². The first-order chi connectivity index (χ1) is 10.9. The zero-order valence-corrected chi connectivity index (χ0v) is 13.6. The summed E-state index contributed by atoms with van der Waals surface area (Å²) >= 11 is 0. The SMILES string of the molecule is CC1(NCC(=O)N2C[C@@H](F)C[C@H]2C#N)C[C@H]2CC(C=N)C[C@H]2C1. The fourth-order valence-corrected chi connectivity index (χ4v) is 4.85. The monoisotopic (exact) mass is 320 g/mol. The number of fused-ring (bicyclic) bond motifs is 1. The first kappa shape index (κ1) is 16.4. The molecule has 2 unspecified atom stereocenters. The second-order valence-corrected chi connectivity index (χ2v) is 7.76. The van der Waals surface area contributed by atoms with Gasteiger partial charge in [-0.15, -0.1) is 0 Å². The number of alkyl halides is 1. The molecule has 3 rings (SSSR count). The Morgan fingerprint density at radius 1 is 1.43 bits per heavy atom. The van der Waals surface area contributed by atoms with Gasteiger partial charge in [0.25, 0.3) is 0 Å². The van der Waals surface area contributed by atoms with E-state index in [-0.39, 0.29) is 31.0 Å².